The van der Waals surface area contributed by atoms with Crippen LogP contribution in [0.15, 0.2) is 12.1 Å². The Hall–Kier alpha value is -2.57. The van der Waals surface area contributed by atoms with Crippen molar-refractivity contribution in [3.63, 3.8) is 0 Å². The van der Waals surface area contributed by atoms with Gasteiger partial charge in [0.15, 0.2) is 0 Å². The van der Waals surface area contributed by atoms with Crippen molar-refractivity contribution in [3.8, 4) is 0 Å². The third kappa shape index (κ3) is 4.71. The van der Waals surface area contributed by atoms with E-state index in [4.69, 9.17) is 11.6 Å². The molecule has 1 aromatic rings. The van der Waals surface area contributed by atoms with E-state index < -0.39 is 51.2 Å². The van der Waals surface area contributed by atoms with Crippen molar-refractivity contribution >= 4 is 40.5 Å². The van der Waals surface area contributed by atoms with Crippen molar-refractivity contribution in [1.82, 2.24) is 0 Å². The van der Waals surface area contributed by atoms with Crippen LogP contribution in [0.2, 0.25) is 5.02 Å². The molecule has 0 saturated heterocycles. The number of carbonyl (C=O) groups is 2. The molecule has 0 aliphatic heterocycles. The summed E-state index contributed by atoms with van der Waals surface area (Å²) in [4.78, 5) is 31.3. The molecule has 14 heteroatoms. The Balaban J connectivity index is 3.43. The van der Waals surface area contributed by atoms with E-state index in [1.54, 1.807) is 0 Å². The van der Waals surface area contributed by atoms with Crippen LogP contribution >= 0.6 is 11.6 Å². The molecule has 0 radical (unpaired) electrons. The minimum Gasteiger partial charge on any atom is -0.316 e. The highest BCUT2D eigenvalue weighted by Gasteiger charge is 2.42. The third-order valence-electron chi connectivity index (χ3n) is 2.28. The van der Waals surface area contributed by atoms with Crippen LogP contribution < -0.4 is 10.6 Å². The van der Waals surface area contributed by atoms with E-state index in [0.717, 1.165) is 10.6 Å². The molecular formula is C10H4ClF6N3O4. The minimum absolute atomic E-state index is 0.483. The second-order valence-electron chi connectivity index (χ2n) is 4.01. The average Bonchev–Trinajstić information content (AvgIpc) is 2.38. The van der Waals surface area contributed by atoms with Gasteiger partial charge in [-0.25, -0.2) is 0 Å². The number of anilines is 2. The van der Waals surface area contributed by atoms with Gasteiger partial charge in [-0.3, -0.25) is 19.7 Å². The van der Waals surface area contributed by atoms with Gasteiger partial charge in [0.2, 0.25) is 0 Å². The zero-order valence-corrected chi connectivity index (χ0v) is 11.6. The average molecular weight is 380 g/mol. The van der Waals surface area contributed by atoms with E-state index in [2.05, 4.69) is 0 Å². The van der Waals surface area contributed by atoms with E-state index in [0.29, 0.717) is 12.1 Å². The number of nitrogens with one attached hydrogen (secondary N) is 2. The number of amides is 2. The van der Waals surface area contributed by atoms with Gasteiger partial charge in [0, 0.05) is 11.1 Å². The third-order valence-corrected chi connectivity index (χ3v) is 2.50. The largest absolute Gasteiger partial charge is 0.471 e. The number of nitrogens with zero attached hydrogens (tertiary/aromatic N) is 1. The van der Waals surface area contributed by atoms with Gasteiger partial charge in [0.05, 0.1) is 10.6 Å². The molecule has 2 amide bonds. The molecule has 24 heavy (non-hydrogen) atoms. The topological polar surface area (TPSA) is 101 Å². The van der Waals surface area contributed by atoms with Crippen LogP contribution in [0.25, 0.3) is 0 Å². The summed E-state index contributed by atoms with van der Waals surface area (Å²) in [6.45, 7) is 0. The summed E-state index contributed by atoms with van der Waals surface area (Å²) in [7, 11) is 0. The number of hydrogen-bond acceptors (Lipinski definition) is 4. The SMILES string of the molecule is O=C(Nc1cc(Cl)cc([N+](=O)[O-])c1NC(=O)C(F)(F)F)C(F)(F)F. The van der Waals surface area contributed by atoms with Crippen molar-refractivity contribution in [1.29, 1.82) is 0 Å². The summed E-state index contributed by atoms with van der Waals surface area (Å²) >= 11 is 5.42. The lowest BCUT2D eigenvalue weighted by Gasteiger charge is -2.15. The number of rotatable bonds is 3. The summed E-state index contributed by atoms with van der Waals surface area (Å²) in [6.07, 6.45) is -10.9. The molecule has 0 atom stereocenters. The predicted molar refractivity (Wildman–Crippen MR) is 67.5 cm³/mol. The van der Waals surface area contributed by atoms with Crippen molar-refractivity contribution in [2.45, 2.75) is 12.4 Å². The number of nitro benzene ring substituents is 1. The van der Waals surface area contributed by atoms with Gasteiger partial charge in [-0.2, -0.15) is 26.3 Å². The number of carbonyl (C=O) groups excluding carboxylic acids is 2. The second kappa shape index (κ2) is 6.51. The maximum Gasteiger partial charge on any atom is 0.471 e. The van der Waals surface area contributed by atoms with E-state index in [9.17, 15) is 46.0 Å². The maximum atomic E-state index is 12.3. The Kier molecular flexibility index (Phi) is 5.28. The molecule has 0 unspecified atom stereocenters. The van der Waals surface area contributed by atoms with E-state index >= 15 is 0 Å². The second-order valence-corrected chi connectivity index (χ2v) is 4.44. The quantitative estimate of drug-likeness (QED) is 0.478. The molecule has 0 heterocycles. The normalized spacial score (nSPS) is 11.8. The fraction of sp³-hybridized carbons (Fsp3) is 0.200. The zero-order chi connectivity index (χ0) is 18.9. The summed E-state index contributed by atoms with van der Waals surface area (Å²) in [5.41, 5.74) is -3.68. The maximum absolute atomic E-state index is 12.3. The summed E-state index contributed by atoms with van der Waals surface area (Å²) in [5.74, 6) is -5.34. The minimum atomic E-state index is -5.49. The van der Waals surface area contributed by atoms with Crippen molar-refractivity contribution < 1.29 is 40.9 Å². The van der Waals surface area contributed by atoms with E-state index in [1.165, 1.54) is 0 Å². The summed E-state index contributed by atoms with van der Waals surface area (Å²) in [6, 6.07) is 0.987. The van der Waals surface area contributed by atoms with Crippen LogP contribution in [0.5, 0.6) is 0 Å². The molecule has 7 nitrogen and oxygen atoms in total. The van der Waals surface area contributed by atoms with Crippen molar-refractivity contribution in [3.05, 3.63) is 27.3 Å². The first-order valence-electron chi connectivity index (χ1n) is 5.47. The first kappa shape index (κ1) is 19.5. The molecule has 2 N–H and O–H groups in total. The van der Waals surface area contributed by atoms with Gasteiger partial charge in [-0.15, -0.1) is 0 Å². The van der Waals surface area contributed by atoms with Crippen molar-refractivity contribution in [2.75, 3.05) is 10.6 Å². The van der Waals surface area contributed by atoms with Crippen LogP contribution in [0.1, 0.15) is 0 Å². The number of halogens is 7. The Morgan fingerprint density at radius 3 is 1.88 bits per heavy atom. The van der Waals surface area contributed by atoms with E-state index in [-0.39, 0.29) is 0 Å². The Bertz CT molecular complexity index is 703. The van der Waals surface area contributed by atoms with Gasteiger partial charge in [-0.05, 0) is 6.07 Å². The first-order chi connectivity index (χ1) is 10.7. The molecule has 0 spiro atoms. The molecule has 0 aliphatic carbocycles. The molecule has 0 bridgehead atoms. The highest BCUT2D eigenvalue weighted by atomic mass is 35.5. The van der Waals surface area contributed by atoms with Crippen LogP contribution in [0, 0.1) is 10.1 Å². The highest BCUT2D eigenvalue weighted by molar-refractivity contribution is 6.31. The fourth-order valence-electron chi connectivity index (χ4n) is 1.34. The molecule has 1 rings (SSSR count). The summed E-state index contributed by atoms with van der Waals surface area (Å²) < 4.78 is 73.5. The van der Waals surface area contributed by atoms with Crippen LogP contribution in [-0.2, 0) is 9.59 Å². The molecular weight excluding hydrogens is 376 g/mol. The summed E-state index contributed by atoms with van der Waals surface area (Å²) in [5, 5.41) is 12.4. The fourth-order valence-corrected chi connectivity index (χ4v) is 1.56. The number of nitro groups is 1. The monoisotopic (exact) mass is 379 g/mol. The van der Waals surface area contributed by atoms with Crippen LogP contribution in [0.3, 0.4) is 0 Å². The molecule has 0 fully saturated rings. The Morgan fingerprint density at radius 1 is 1.00 bits per heavy atom. The molecule has 0 saturated carbocycles. The zero-order valence-electron chi connectivity index (χ0n) is 10.9. The first-order valence-corrected chi connectivity index (χ1v) is 5.85. The lowest BCUT2D eigenvalue weighted by Crippen LogP contribution is -2.32. The standard InChI is InChI=1S/C10H4ClF6N3O4/c11-3-1-4(18-7(21)9(12,13)14)6(5(2-3)20(23)24)19-8(22)10(15,16)17/h1-2H,(H,18,21)(H,19,22). The number of alkyl halides is 6. The lowest BCUT2D eigenvalue weighted by atomic mass is 10.2. The molecule has 1 aromatic carbocycles. The van der Waals surface area contributed by atoms with Gasteiger partial charge < -0.3 is 10.6 Å². The van der Waals surface area contributed by atoms with Crippen LogP contribution in [0.4, 0.5) is 43.4 Å². The Labute approximate surface area is 132 Å². The lowest BCUT2D eigenvalue weighted by molar-refractivity contribution is -0.383. The highest BCUT2D eigenvalue weighted by Crippen LogP contribution is 2.37. The molecule has 0 aromatic heterocycles. The van der Waals surface area contributed by atoms with E-state index in [1.807, 2.05) is 0 Å². The predicted octanol–water partition coefficient (Wildman–Crippen LogP) is 3.25. The number of benzene rings is 1. The Morgan fingerprint density at radius 2 is 1.46 bits per heavy atom. The van der Waals surface area contributed by atoms with Gasteiger partial charge in [0.25, 0.3) is 5.69 Å². The van der Waals surface area contributed by atoms with Crippen LogP contribution in [-0.4, -0.2) is 29.1 Å². The van der Waals surface area contributed by atoms with Gasteiger partial charge in [-0.1, -0.05) is 11.6 Å². The van der Waals surface area contributed by atoms with Gasteiger partial charge in [0.1, 0.15) is 5.69 Å². The van der Waals surface area contributed by atoms with Crippen molar-refractivity contribution in [2.24, 2.45) is 0 Å². The smallest absolute Gasteiger partial charge is 0.316 e. The molecule has 132 valence electrons. The number of hydrogen-bond donors (Lipinski definition) is 2. The van der Waals surface area contributed by atoms with Gasteiger partial charge >= 0.3 is 24.2 Å². The molecule has 0 aliphatic rings.